The first-order valence-electron chi connectivity index (χ1n) is 9.82. The quantitative estimate of drug-likeness (QED) is 0.402. The number of aliphatic hydroxyl groups is 1. The van der Waals surface area contributed by atoms with Crippen LogP contribution in [0.1, 0.15) is 22.7 Å². The molecule has 0 radical (unpaired) electrons. The molecule has 2 aliphatic heterocycles. The summed E-state index contributed by atoms with van der Waals surface area (Å²) >= 11 is 0. The van der Waals surface area contributed by atoms with Gasteiger partial charge in [-0.25, -0.2) is 4.98 Å². The molecule has 7 nitrogen and oxygen atoms in total. The highest BCUT2D eigenvalue weighted by Crippen LogP contribution is 2.43. The summed E-state index contributed by atoms with van der Waals surface area (Å²) in [4.78, 5) is 30.6. The molecule has 3 aromatic rings. The summed E-state index contributed by atoms with van der Waals surface area (Å²) in [7, 11) is 0. The molecule has 1 saturated heterocycles. The van der Waals surface area contributed by atoms with Gasteiger partial charge in [0.2, 0.25) is 6.79 Å². The Hall–Kier alpha value is -4.13. The van der Waals surface area contributed by atoms with Crippen LogP contribution < -0.4 is 14.5 Å². The molecule has 1 aromatic heterocycles. The number of aromatic amines is 1. The third kappa shape index (κ3) is 3.30. The maximum atomic E-state index is 13.1. The second-order valence-electron chi connectivity index (χ2n) is 7.32. The topological polar surface area (TPSA) is 90.2 Å². The van der Waals surface area contributed by atoms with Gasteiger partial charge in [-0.05, 0) is 23.8 Å². The Morgan fingerprint density at radius 3 is 2.61 bits per heavy atom. The van der Waals surface area contributed by atoms with Crippen LogP contribution in [0.4, 0.5) is 0 Å². The molecule has 0 saturated carbocycles. The molecule has 154 valence electrons. The molecule has 0 bridgehead atoms. The second kappa shape index (κ2) is 7.60. The molecular weight excluding hydrogens is 396 g/mol. The molecule has 3 heterocycles. The maximum absolute atomic E-state index is 13.1. The molecule has 1 fully saturated rings. The van der Waals surface area contributed by atoms with Crippen molar-refractivity contribution in [3.05, 3.63) is 95.3 Å². The number of carbonyl (C=O) groups is 2. The fourth-order valence-electron chi connectivity index (χ4n) is 3.95. The number of fused-ring (bicyclic) bond motifs is 1. The summed E-state index contributed by atoms with van der Waals surface area (Å²) in [5, 5.41) is 11.0. The summed E-state index contributed by atoms with van der Waals surface area (Å²) in [6.45, 7) is 0.315. The number of nitrogens with one attached hydrogen (secondary N) is 1. The molecule has 5 rings (SSSR count). The number of benzene rings is 2. The summed E-state index contributed by atoms with van der Waals surface area (Å²) < 4.78 is 10.9. The van der Waals surface area contributed by atoms with E-state index in [4.69, 9.17) is 9.47 Å². The minimum absolute atomic E-state index is 0.0509. The summed E-state index contributed by atoms with van der Waals surface area (Å²) in [5.74, 6) is -0.450. The SMILES string of the molecule is O=C1C(=O)N(Cc2ccc[nH+]c2)C(c2ccc3c(c2)OCO3)C1=C(O)c1ccccc1. The lowest BCUT2D eigenvalue weighted by Crippen LogP contribution is -2.29. The Morgan fingerprint density at radius 1 is 1.03 bits per heavy atom. The fraction of sp³-hybridized carbons (Fsp3) is 0.125. The van der Waals surface area contributed by atoms with Crippen molar-refractivity contribution in [2.75, 3.05) is 6.79 Å². The minimum atomic E-state index is -0.769. The van der Waals surface area contributed by atoms with Crippen molar-refractivity contribution in [3.8, 4) is 11.5 Å². The third-order valence-corrected chi connectivity index (χ3v) is 5.42. The largest absolute Gasteiger partial charge is 0.507 e. The van der Waals surface area contributed by atoms with Gasteiger partial charge in [0.15, 0.2) is 23.9 Å². The van der Waals surface area contributed by atoms with Gasteiger partial charge in [-0.2, -0.15) is 0 Å². The van der Waals surface area contributed by atoms with Crippen LogP contribution >= 0.6 is 0 Å². The number of pyridine rings is 1. The maximum Gasteiger partial charge on any atom is 0.295 e. The van der Waals surface area contributed by atoms with E-state index in [-0.39, 0.29) is 24.7 Å². The molecule has 1 unspecified atom stereocenters. The molecular formula is C24H19N2O5+. The van der Waals surface area contributed by atoms with Crippen LogP contribution in [0.15, 0.2) is 78.6 Å². The van der Waals surface area contributed by atoms with Crippen molar-refractivity contribution in [3.63, 3.8) is 0 Å². The van der Waals surface area contributed by atoms with E-state index in [0.29, 0.717) is 22.6 Å². The Kier molecular flexibility index (Phi) is 4.63. The number of ether oxygens (including phenoxy) is 2. The van der Waals surface area contributed by atoms with Crippen LogP contribution in [0.2, 0.25) is 0 Å². The van der Waals surface area contributed by atoms with E-state index in [2.05, 4.69) is 4.98 Å². The van der Waals surface area contributed by atoms with Crippen LogP contribution in [-0.4, -0.2) is 28.5 Å². The number of H-pyrrole nitrogens is 1. The van der Waals surface area contributed by atoms with Gasteiger partial charge in [-0.15, -0.1) is 0 Å². The molecule has 1 atom stereocenters. The van der Waals surface area contributed by atoms with Gasteiger partial charge in [0.05, 0.1) is 18.2 Å². The summed E-state index contributed by atoms with van der Waals surface area (Å²) in [6, 6.07) is 16.9. The lowest BCUT2D eigenvalue weighted by molar-refractivity contribution is -0.378. The van der Waals surface area contributed by atoms with E-state index in [1.54, 1.807) is 54.9 Å². The lowest BCUT2D eigenvalue weighted by Gasteiger charge is -2.25. The van der Waals surface area contributed by atoms with Crippen molar-refractivity contribution in [2.45, 2.75) is 12.6 Å². The van der Waals surface area contributed by atoms with Gasteiger partial charge in [0.1, 0.15) is 5.76 Å². The average Bonchev–Trinajstić information content (AvgIpc) is 3.37. The van der Waals surface area contributed by atoms with Crippen LogP contribution in [-0.2, 0) is 16.1 Å². The first-order chi connectivity index (χ1) is 15.1. The van der Waals surface area contributed by atoms with Crippen LogP contribution in [0.5, 0.6) is 11.5 Å². The van der Waals surface area contributed by atoms with Crippen LogP contribution in [0.3, 0.4) is 0 Å². The Labute approximate surface area is 178 Å². The van der Waals surface area contributed by atoms with Crippen molar-refractivity contribution in [2.24, 2.45) is 0 Å². The van der Waals surface area contributed by atoms with E-state index < -0.39 is 17.7 Å². The van der Waals surface area contributed by atoms with Crippen molar-refractivity contribution in [1.82, 2.24) is 4.90 Å². The Morgan fingerprint density at radius 2 is 1.84 bits per heavy atom. The number of likely N-dealkylation sites (tertiary alicyclic amines) is 1. The predicted molar refractivity (Wildman–Crippen MR) is 110 cm³/mol. The first kappa shape index (κ1) is 18.9. The molecule has 2 N–H and O–H groups in total. The van der Waals surface area contributed by atoms with Crippen molar-refractivity contribution < 1.29 is 29.2 Å². The number of hydrogen-bond donors (Lipinski definition) is 1. The van der Waals surface area contributed by atoms with Crippen LogP contribution in [0, 0.1) is 0 Å². The van der Waals surface area contributed by atoms with E-state index in [9.17, 15) is 14.7 Å². The van der Waals surface area contributed by atoms with E-state index in [0.717, 1.165) is 5.56 Å². The Balaban J connectivity index is 1.66. The number of rotatable bonds is 4. The van der Waals surface area contributed by atoms with Gasteiger partial charge < -0.3 is 19.5 Å². The number of Topliss-reactive ketones (excluding diaryl/α,β-unsaturated/α-hetero) is 1. The normalized spacial score (nSPS) is 19.1. The van der Waals surface area contributed by atoms with Crippen LogP contribution in [0.25, 0.3) is 5.76 Å². The number of nitrogens with zero attached hydrogens (tertiary/aromatic N) is 1. The van der Waals surface area contributed by atoms with E-state index in [1.165, 1.54) is 4.90 Å². The van der Waals surface area contributed by atoms with E-state index >= 15 is 0 Å². The number of hydrogen-bond acceptors (Lipinski definition) is 5. The molecule has 2 aromatic carbocycles. The fourth-order valence-corrected chi connectivity index (χ4v) is 3.95. The molecule has 2 aliphatic rings. The second-order valence-corrected chi connectivity index (χ2v) is 7.32. The third-order valence-electron chi connectivity index (χ3n) is 5.42. The minimum Gasteiger partial charge on any atom is -0.507 e. The zero-order valence-electron chi connectivity index (χ0n) is 16.4. The smallest absolute Gasteiger partial charge is 0.295 e. The summed E-state index contributed by atoms with van der Waals surface area (Å²) in [6.07, 6.45) is 3.54. The zero-order chi connectivity index (χ0) is 21.4. The number of aromatic nitrogens is 1. The zero-order valence-corrected chi connectivity index (χ0v) is 16.4. The number of carbonyl (C=O) groups excluding carboxylic acids is 2. The lowest BCUT2D eigenvalue weighted by atomic mass is 9.95. The highest BCUT2D eigenvalue weighted by atomic mass is 16.7. The average molecular weight is 415 g/mol. The highest BCUT2D eigenvalue weighted by molar-refractivity contribution is 6.46. The van der Waals surface area contributed by atoms with Gasteiger partial charge in [-0.3, -0.25) is 9.59 Å². The Bertz CT molecular complexity index is 1190. The van der Waals surface area contributed by atoms with E-state index in [1.807, 2.05) is 18.2 Å². The summed E-state index contributed by atoms with van der Waals surface area (Å²) in [5.41, 5.74) is 2.00. The van der Waals surface area contributed by atoms with Gasteiger partial charge in [-0.1, -0.05) is 36.4 Å². The molecule has 7 heteroatoms. The number of ketones is 1. The van der Waals surface area contributed by atoms with Gasteiger partial charge >= 0.3 is 0 Å². The molecule has 0 aliphatic carbocycles. The molecule has 31 heavy (non-hydrogen) atoms. The van der Waals surface area contributed by atoms with Gasteiger partial charge in [0, 0.05) is 17.2 Å². The van der Waals surface area contributed by atoms with Crippen molar-refractivity contribution in [1.29, 1.82) is 0 Å². The highest BCUT2D eigenvalue weighted by Gasteiger charge is 2.46. The monoisotopic (exact) mass is 415 g/mol. The predicted octanol–water partition coefficient (Wildman–Crippen LogP) is 2.85. The van der Waals surface area contributed by atoms with Gasteiger partial charge in [0.25, 0.3) is 11.7 Å². The standard InChI is InChI=1S/C24H18N2O5/c27-22(16-6-2-1-3-7-16)20-21(17-8-9-18-19(11-17)31-14-30-18)26(24(29)23(20)28)13-15-5-4-10-25-12-15/h1-12,21,27H,13-14H2/p+1. The van der Waals surface area contributed by atoms with Crippen molar-refractivity contribution >= 4 is 17.4 Å². The first-order valence-corrected chi connectivity index (χ1v) is 9.82. The number of amides is 1. The molecule has 0 spiro atoms. The molecule has 1 amide bonds. The number of aliphatic hydroxyl groups excluding tert-OH is 1.